The number of aliphatic carboxylic acids is 1. The fraction of sp³-hybridized carbons (Fsp3) is 0.682. The number of aliphatic hydroxyl groups is 2. The zero-order chi connectivity index (χ0) is 73.8. The number of nitrogens with one attached hydrogen (secondary N) is 10. The summed E-state index contributed by atoms with van der Waals surface area (Å²) in [4.78, 5) is 210. The van der Waals surface area contributed by atoms with Crippen LogP contribution in [0.2, 0.25) is 0 Å². The summed E-state index contributed by atoms with van der Waals surface area (Å²) in [6, 6.07) is -10.8. The number of phenols is 1. The van der Waals surface area contributed by atoms with E-state index in [1.54, 1.807) is 27.7 Å². The predicted octanol–water partition coefficient (Wildman–Crippen LogP) is -4.50. The van der Waals surface area contributed by atoms with Gasteiger partial charge in [0.25, 0.3) is 0 Å². The van der Waals surface area contributed by atoms with Crippen LogP contribution in [0.25, 0.3) is 0 Å². The van der Waals surface area contributed by atoms with E-state index < -0.39 is 187 Å². The van der Waals surface area contributed by atoms with Crippen LogP contribution in [-0.2, 0) is 78.3 Å². The van der Waals surface area contributed by atoms with Gasteiger partial charge in [-0.2, -0.15) is 0 Å². The molecule has 5 heterocycles. The fourth-order valence-corrected chi connectivity index (χ4v) is 13.1. The number of carboxylic acid groups (broad SMARTS) is 1. The lowest BCUT2D eigenvalue weighted by Crippen LogP contribution is -2.61. The molecule has 0 aliphatic carbocycles. The van der Waals surface area contributed by atoms with Crippen molar-refractivity contribution in [2.24, 2.45) is 17.6 Å². The Hall–Kier alpha value is -9.05. The molecule has 0 saturated carbocycles. The van der Waals surface area contributed by atoms with E-state index in [0.29, 0.717) is 50.8 Å². The number of carbonyl (C=O) groups is 15. The number of nitrogens with two attached hydrogens (primary N) is 1. The minimum atomic E-state index is -1.76. The van der Waals surface area contributed by atoms with Crippen LogP contribution in [-0.4, -0.2) is 259 Å². The minimum Gasteiger partial charge on any atom is -0.508 e. The van der Waals surface area contributed by atoms with Gasteiger partial charge < -0.3 is 98.9 Å². The summed E-state index contributed by atoms with van der Waals surface area (Å²) in [5.41, 5.74) is 5.90. The first-order chi connectivity index (χ1) is 47.3. The molecule has 1 aromatic carbocycles. The van der Waals surface area contributed by atoms with Gasteiger partial charge in [-0.05, 0) is 140 Å². The topological polar surface area (TPSA) is 496 Å². The van der Waals surface area contributed by atoms with Gasteiger partial charge in [-0.3, -0.25) is 71.9 Å². The molecule has 0 aromatic heterocycles. The molecule has 5 aliphatic heterocycles. The van der Waals surface area contributed by atoms with E-state index in [-0.39, 0.29) is 94.5 Å². The highest BCUT2D eigenvalue weighted by atomic mass is 16.4. The molecule has 100 heavy (non-hydrogen) atoms. The molecule has 5 saturated heterocycles. The van der Waals surface area contributed by atoms with Gasteiger partial charge in [0.15, 0.2) is 0 Å². The Morgan fingerprint density at radius 2 is 0.990 bits per heavy atom. The van der Waals surface area contributed by atoms with Gasteiger partial charge in [0.05, 0.1) is 25.3 Å². The number of rotatable bonds is 34. The highest BCUT2D eigenvalue weighted by molar-refractivity contribution is 6.00. The molecule has 14 amide bonds. The lowest BCUT2D eigenvalue weighted by molar-refractivity contribution is -0.146. The smallest absolute Gasteiger partial charge is 0.325 e. The van der Waals surface area contributed by atoms with Gasteiger partial charge in [0.1, 0.15) is 78.3 Å². The summed E-state index contributed by atoms with van der Waals surface area (Å²) in [6.45, 7) is 10.5. The molecule has 34 nitrogen and oxygen atoms in total. The van der Waals surface area contributed by atoms with Crippen LogP contribution in [0.1, 0.15) is 144 Å². The molecule has 34 heteroatoms. The SMILES string of the molecule is CC(C)C[C@H](NC(=O)[C@H](CO)NC(=O)[C@H](Cc1ccc(O)cc1)NC(=O)[C@@H]1CCCN1C(=O)[C@H](CCC(N)=O)NC(=O)[C@H](C)NC(=O)[C@@H]1CCCN1C(=O)[C@@H](NC(=O)[C@@H]1CCCN1C(=O)[C@@H]1CCCN1)[C@@H](C)O)C(=O)N[C@@H](CC(C)C)C(=O)N1CCC[C@H]1C(=O)NCC(=O)N[C@@H](C)C(=O)O. The first-order valence-corrected chi connectivity index (χ1v) is 34.5. The Bertz CT molecular complexity index is 3150. The Balaban J connectivity index is 1.10. The highest BCUT2D eigenvalue weighted by Crippen LogP contribution is 2.26. The molecule has 5 aliphatic rings. The predicted molar refractivity (Wildman–Crippen MR) is 355 cm³/mol. The number of likely N-dealkylation sites (tertiary alicyclic amines) is 4. The number of carbonyl (C=O) groups excluding carboxylic acids is 14. The van der Waals surface area contributed by atoms with E-state index in [0.717, 1.165) is 11.3 Å². The first kappa shape index (κ1) is 79.9. The van der Waals surface area contributed by atoms with Crippen LogP contribution in [0, 0.1) is 11.8 Å². The third-order valence-electron chi connectivity index (χ3n) is 18.5. The maximum atomic E-state index is 14.6. The number of carboxylic acids is 1. The maximum absolute atomic E-state index is 14.6. The van der Waals surface area contributed by atoms with E-state index in [2.05, 4.69) is 53.2 Å². The number of hydrogen-bond acceptors (Lipinski definition) is 19. The largest absolute Gasteiger partial charge is 0.508 e. The number of benzene rings is 1. The number of aromatic hydroxyl groups is 1. The lowest BCUT2D eigenvalue weighted by Gasteiger charge is -2.32. The second-order valence-corrected chi connectivity index (χ2v) is 27.3. The van der Waals surface area contributed by atoms with Crippen molar-refractivity contribution < 1.29 is 92.3 Å². The molecule has 14 atom stereocenters. The van der Waals surface area contributed by atoms with E-state index in [9.17, 15) is 87.2 Å². The number of primary amides is 1. The van der Waals surface area contributed by atoms with Crippen molar-refractivity contribution in [2.75, 3.05) is 45.9 Å². The standard InChI is InChI=1S/C66H101N15O19/c1-34(2)29-43(55(88)75-45(30-35(3)4)64(97)78-25-9-14-47(78)58(91)69-32-52(86)70-37(6)66(99)100)73-57(90)46(33-82)76-56(89)44(31-39-18-20-40(84)21-19-39)74-60(93)49-16-10-27-80(49)63(96)42(22-23-51(67)85)72-54(87)36(5)71-59(92)48-15-12-28-81(48)65(98)53(38(7)83)77-61(94)50-17-11-26-79(50)62(95)41-13-8-24-68-41/h18-21,34-38,41-50,53,68,82-84H,8-17,22-33H2,1-7H3,(H2,67,85)(H,69,91)(H,70,86)(H,71,92)(H,72,87)(H,73,90)(H,74,93)(H,75,88)(H,76,89)(H,77,94)(H,99,100)/t36-,37-,38+,41-,42-,43-,44-,45-,46-,47-,48-,49-,50-,53-/m0/s1. The molecular formula is C66H101N15O19. The normalized spacial score (nSPS) is 21.6. The number of hydrogen-bond donors (Lipinski definition) is 15. The summed E-state index contributed by atoms with van der Waals surface area (Å²) >= 11 is 0. The summed E-state index contributed by atoms with van der Waals surface area (Å²) in [5.74, 6) is -12.6. The van der Waals surface area contributed by atoms with Gasteiger partial charge in [-0.15, -0.1) is 0 Å². The molecule has 0 unspecified atom stereocenters. The van der Waals surface area contributed by atoms with Gasteiger partial charge >= 0.3 is 5.97 Å². The summed E-state index contributed by atoms with van der Waals surface area (Å²) < 4.78 is 0. The van der Waals surface area contributed by atoms with Gasteiger partial charge in [-0.25, -0.2) is 0 Å². The lowest BCUT2D eigenvalue weighted by atomic mass is 9.99. The van der Waals surface area contributed by atoms with Crippen LogP contribution in [0.3, 0.4) is 0 Å². The van der Waals surface area contributed by atoms with Crippen LogP contribution in [0.5, 0.6) is 5.75 Å². The molecule has 16 N–H and O–H groups in total. The first-order valence-electron chi connectivity index (χ1n) is 34.5. The van der Waals surface area contributed by atoms with Gasteiger partial charge in [-0.1, -0.05) is 39.8 Å². The van der Waals surface area contributed by atoms with Crippen molar-refractivity contribution in [1.82, 2.24) is 72.8 Å². The zero-order valence-corrected chi connectivity index (χ0v) is 57.9. The molecule has 5 fully saturated rings. The number of phenolic OH excluding ortho intramolecular Hbond substituents is 1. The number of amides is 14. The van der Waals surface area contributed by atoms with Crippen molar-refractivity contribution in [3.8, 4) is 5.75 Å². The Labute approximate surface area is 580 Å². The Morgan fingerprint density at radius 1 is 0.520 bits per heavy atom. The number of nitrogens with zero attached hydrogens (tertiary/aromatic N) is 4. The third-order valence-corrected chi connectivity index (χ3v) is 18.5. The Morgan fingerprint density at radius 3 is 1.52 bits per heavy atom. The summed E-state index contributed by atoms with van der Waals surface area (Å²) in [5, 5.41) is 66.7. The third kappa shape index (κ3) is 22.2. The average Bonchev–Trinajstić information content (AvgIpc) is 1.64. The Kier molecular flexibility index (Phi) is 29.9. The highest BCUT2D eigenvalue weighted by Gasteiger charge is 2.46. The van der Waals surface area contributed by atoms with Crippen LogP contribution < -0.4 is 58.9 Å². The number of aliphatic hydroxyl groups excluding tert-OH is 2. The molecule has 1 aromatic rings. The van der Waals surface area contributed by atoms with Gasteiger partial charge in [0.2, 0.25) is 82.7 Å². The van der Waals surface area contributed by atoms with Crippen LogP contribution in [0.4, 0.5) is 0 Å². The monoisotopic (exact) mass is 1410 g/mol. The summed E-state index contributed by atoms with van der Waals surface area (Å²) in [6.07, 6.45) is 1.33. The van der Waals surface area contributed by atoms with Crippen molar-refractivity contribution in [2.45, 2.75) is 229 Å². The minimum absolute atomic E-state index is 0.00698. The molecule has 6 rings (SSSR count). The quantitative estimate of drug-likeness (QED) is 0.0309. The molecule has 0 bridgehead atoms. The average molecular weight is 1410 g/mol. The van der Waals surface area contributed by atoms with E-state index >= 15 is 0 Å². The van der Waals surface area contributed by atoms with Crippen LogP contribution >= 0.6 is 0 Å². The van der Waals surface area contributed by atoms with Gasteiger partial charge in [0, 0.05) is 39.0 Å². The molecule has 0 radical (unpaired) electrons. The summed E-state index contributed by atoms with van der Waals surface area (Å²) in [7, 11) is 0. The van der Waals surface area contributed by atoms with Crippen LogP contribution in [0.15, 0.2) is 24.3 Å². The van der Waals surface area contributed by atoms with Crippen molar-refractivity contribution in [3.63, 3.8) is 0 Å². The van der Waals surface area contributed by atoms with E-state index in [1.165, 1.54) is 59.7 Å². The second kappa shape index (κ2) is 37.4. The maximum Gasteiger partial charge on any atom is 0.325 e. The second-order valence-electron chi connectivity index (χ2n) is 27.3. The van der Waals surface area contributed by atoms with E-state index in [4.69, 9.17) is 10.8 Å². The van der Waals surface area contributed by atoms with E-state index in [1.807, 2.05) is 0 Å². The molecule has 0 spiro atoms. The molecular weight excluding hydrogens is 1310 g/mol. The molecule has 554 valence electrons. The van der Waals surface area contributed by atoms with Crippen molar-refractivity contribution >= 4 is 88.7 Å². The zero-order valence-electron chi connectivity index (χ0n) is 57.9. The van der Waals surface area contributed by atoms with Crippen molar-refractivity contribution in [1.29, 1.82) is 0 Å². The fourth-order valence-electron chi connectivity index (χ4n) is 13.1. The van der Waals surface area contributed by atoms with Crippen molar-refractivity contribution in [3.05, 3.63) is 29.8 Å².